The lowest BCUT2D eigenvalue weighted by atomic mass is 10.0. The number of hydrogen-bond donors (Lipinski definition) is 1. The van der Waals surface area contributed by atoms with Crippen LogP contribution in [0.1, 0.15) is 10.4 Å². The summed E-state index contributed by atoms with van der Waals surface area (Å²) in [7, 11) is 0. The Morgan fingerprint density at radius 3 is 2.17 bits per heavy atom. The Bertz CT molecular complexity index is 603. The minimum Gasteiger partial charge on any atom is -0.475 e. The van der Waals surface area contributed by atoms with Gasteiger partial charge >= 0.3 is 5.97 Å². The number of ketones is 1. The molecule has 4 heteroatoms. The molecule has 0 spiro atoms. The first-order chi connectivity index (χ1) is 8.58. The first-order valence-electron chi connectivity index (χ1n) is 5.21. The van der Waals surface area contributed by atoms with Gasteiger partial charge in [0.1, 0.15) is 5.82 Å². The summed E-state index contributed by atoms with van der Waals surface area (Å²) < 4.78 is 13.0. The minimum atomic E-state index is -1.49. The lowest BCUT2D eigenvalue weighted by molar-refractivity contribution is -0.131. The molecule has 0 amide bonds. The Labute approximate surface area is 103 Å². The summed E-state index contributed by atoms with van der Waals surface area (Å²) in [5.74, 6) is -2.80. The second-order valence-corrected chi connectivity index (χ2v) is 3.72. The van der Waals surface area contributed by atoms with Crippen LogP contribution in [0.5, 0.6) is 0 Å². The Morgan fingerprint density at radius 1 is 0.944 bits per heavy atom. The SMILES string of the molecule is O=C(O)C(=O)c1ccc(-c2cccc(F)c2)cc1. The highest BCUT2D eigenvalue weighted by Gasteiger charge is 2.13. The molecule has 0 unspecified atom stereocenters. The Kier molecular flexibility index (Phi) is 3.19. The fourth-order valence-electron chi connectivity index (χ4n) is 1.61. The minimum absolute atomic E-state index is 0.0997. The number of halogens is 1. The van der Waals surface area contributed by atoms with Crippen molar-refractivity contribution in [1.29, 1.82) is 0 Å². The molecule has 0 aliphatic rings. The first-order valence-corrected chi connectivity index (χ1v) is 5.21. The number of carbonyl (C=O) groups excluding carboxylic acids is 1. The molecule has 0 saturated heterocycles. The van der Waals surface area contributed by atoms with Crippen molar-refractivity contribution in [2.45, 2.75) is 0 Å². The van der Waals surface area contributed by atoms with E-state index in [-0.39, 0.29) is 11.4 Å². The van der Waals surface area contributed by atoms with Gasteiger partial charge in [0.2, 0.25) is 0 Å². The van der Waals surface area contributed by atoms with Gasteiger partial charge in [0, 0.05) is 5.56 Å². The van der Waals surface area contributed by atoms with Gasteiger partial charge in [-0.2, -0.15) is 0 Å². The average molecular weight is 244 g/mol. The van der Waals surface area contributed by atoms with Crippen LogP contribution in [-0.2, 0) is 4.79 Å². The Morgan fingerprint density at radius 2 is 1.61 bits per heavy atom. The molecule has 0 aliphatic carbocycles. The van der Waals surface area contributed by atoms with Crippen molar-refractivity contribution in [1.82, 2.24) is 0 Å². The van der Waals surface area contributed by atoms with Gasteiger partial charge in [-0.05, 0) is 23.3 Å². The number of Topliss-reactive ketones (excluding diaryl/α,β-unsaturated/α-hetero) is 1. The van der Waals surface area contributed by atoms with Gasteiger partial charge in [0.25, 0.3) is 5.78 Å². The highest BCUT2D eigenvalue weighted by atomic mass is 19.1. The molecule has 1 N–H and O–H groups in total. The predicted octanol–water partition coefficient (Wildman–Crippen LogP) is 2.76. The monoisotopic (exact) mass is 244 g/mol. The molecule has 2 aromatic carbocycles. The van der Waals surface area contributed by atoms with Crippen LogP contribution in [0.25, 0.3) is 11.1 Å². The molecule has 0 aliphatic heterocycles. The number of benzene rings is 2. The van der Waals surface area contributed by atoms with Crippen molar-refractivity contribution in [3.8, 4) is 11.1 Å². The molecular weight excluding hydrogens is 235 g/mol. The van der Waals surface area contributed by atoms with E-state index in [0.717, 1.165) is 5.56 Å². The predicted molar refractivity (Wildman–Crippen MR) is 63.8 cm³/mol. The van der Waals surface area contributed by atoms with E-state index in [9.17, 15) is 14.0 Å². The zero-order valence-electron chi connectivity index (χ0n) is 9.26. The van der Waals surface area contributed by atoms with Crippen molar-refractivity contribution in [2.75, 3.05) is 0 Å². The fraction of sp³-hybridized carbons (Fsp3) is 0. The number of carboxylic acid groups (broad SMARTS) is 1. The molecule has 0 heterocycles. The molecule has 3 nitrogen and oxygen atoms in total. The molecular formula is C14H9FO3. The molecule has 0 aromatic heterocycles. The maximum absolute atomic E-state index is 13.0. The van der Waals surface area contributed by atoms with Crippen LogP contribution in [0.15, 0.2) is 48.5 Å². The normalized spacial score (nSPS) is 10.1. The number of carbonyl (C=O) groups is 2. The van der Waals surface area contributed by atoms with Gasteiger partial charge in [-0.15, -0.1) is 0 Å². The van der Waals surface area contributed by atoms with Crippen LogP contribution in [0.2, 0.25) is 0 Å². The smallest absolute Gasteiger partial charge is 0.377 e. The summed E-state index contributed by atoms with van der Waals surface area (Å²) in [5, 5.41) is 8.56. The molecule has 0 radical (unpaired) electrons. The van der Waals surface area contributed by atoms with E-state index in [1.165, 1.54) is 24.3 Å². The first kappa shape index (κ1) is 12.0. The summed E-state index contributed by atoms with van der Waals surface area (Å²) in [6.07, 6.45) is 0. The Hall–Kier alpha value is -2.49. The zero-order chi connectivity index (χ0) is 13.1. The fourth-order valence-corrected chi connectivity index (χ4v) is 1.61. The van der Waals surface area contributed by atoms with Crippen LogP contribution in [-0.4, -0.2) is 16.9 Å². The quantitative estimate of drug-likeness (QED) is 0.667. The van der Waals surface area contributed by atoms with E-state index in [1.54, 1.807) is 24.3 Å². The van der Waals surface area contributed by atoms with Crippen molar-refractivity contribution in [2.24, 2.45) is 0 Å². The van der Waals surface area contributed by atoms with Gasteiger partial charge < -0.3 is 5.11 Å². The summed E-state index contributed by atoms with van der Waals surface area (Å²) in [5.41, 5.74) is 1.49. The summed E-state index contributed by atoms with van der Waals surface area (Å²) >= 11 is 0. The summed E-state index contributed by atoms with van der Waals surface area (Å²) in [4.78, 5) is 21.7. The van der Waals surface area contributed by atoms with Gasteiger partial charge in [-0.3, -0.25) is 4.79 Å². The van der Waals surface area contributed by atoms with Crippen molar-refractivity contribution < 1.29 is 19.1 Å². The maximum atomic E-state index is 13.0. The number of aliphatic carboxylic acids is 1. The standard InChI is InChI=1S/C14H9FO3/c15-12-3-1-2-11(8-12)9-4-6-10(7-5-9)13(16)14(17)18/h1-8H,(H,17,18). The van der Waals surface area contributed by atoms with Crippen LogP contribution in [0, 0.1) is 5.82 Å². The molecule has 0 bridgehead atoms. The molecule has 2 aromatic rings. The van der Waals surface area contributed by atoms with E-state index in [1.807, 2.05) is 0 Å². The number of carboxylic acids is 1. The van der Waals surface area contributed by atoms with Gasteiger partial charge in [0.05, 0.1) is 0 Å². The third-order valence-corrected chi connectivity index (χ3v) is 2.50. The number of rotatable bonds is 3. The molecule has 0 saturated carbocycles. The molecule has 0 atom stereocenters. The van der Waals surface area contributed by atoms with Gasteiger partial charge in [-0.25, -0.2) is 9.18 Å². The lowest BCUT2D eigenvalue weighted by Crippen LogP contribution is -2.12. The van der Waals surface area contributed by atoms with Crippen molar-refractivity contribution >= 4 is 11.8 Å². The van der Waals surface area contributed by atoms with E-state index in [0.29, 0.717) is 5.56 Å². The highest BCUT2D eigenvalue weighted by molar-refractivity contribution is 6.39. The summed E-state index contributed by atoms with van der Waals surface area (Å²) in [6, 6.07) is 12.0. The van der Waals surface area contributed by atoms with E-state index in [4.69, 9.17) is 5.11 Å². The highest BCUT2D eigenvalue weighted by Crippen LogP contribution is 2.20. The largest absolute Gasteiger partial charge is 0.475 e. The van der Waals surface area contributed by atoms with E-state index >= 15 is 0 Å². The Balaban J connectivity index is 2.33. The molecule has 0 fully saturated rings. The van der Waals surface area contributed by atoms with Crippen molar-refractivity contribution in [3.05, 3.63) is 59.9 Å². The maximum Gasteiger partial charge on any atom is 0.377 e. The molecule has 90 valence electrons. The molecule has 18 heavy (non-hydrogen) atoms. The third-order valence-electron chi connectivity index (χ3n) is 2.50. The van der Waals surface area contributed by atoms with E-state index in [2.05, 4.69) is 0 Å². The van der Waals surface area contributed by atoms with Crippen LogP contribution < -0.4 is 0 Å². The lowest BCUT2D eigenvalue weighted by Gasteiger charge is -2.02. The topological polar surface area (TPSA) is 54.4 Å². The van der Waals surface area contributed by atoms with Gasteiger partial charge in [-0.1, -0.05) is 36.4 Å². The van der Waals surface area contributed by atoms with Crippen LogP contribution in [0.3, 0.4) is 0 Å². The third kappa shape index (κ3) is 2.43. The molecule has 2 rings (SSSR count). The van der Waals surface area contributed by atoms with Crippen LogP contribution in [0.4, 0.5) is 4.39 Å². The average Bonchev–Trinajstić information content (AvgIpc) is 2.38. The summed E-state index contributed by atoms with van der Waals surface area (Å²) in [6.45, 7) is 0. The second-order valence-electron chi connectivity index (χ2n) is 3.72. The second kappa shape index (κ2) is 4.79. The van der Waals surface area contributed by atoms with Crippen LogP contribution >= 0.6 is 0 Å². The van der Waals surface area contributed by atoms with Crippen molar-refractivity contribution in [3.63, 3.8) is 0 Å². The van der Waals surface area contributed by atoms with Gasteiger partial charge in [0.15, 0.2) is 0 Å². The zero-order valence-corrected chi connectivity index (χ0v) is 9.26. The number of hydrogen-bond acceptors (Lipinski definition) is 2. The van der Waals surface area contributed by atoms with E-state index < -0.39 is 11.8 Å².